The first-order valence-electron chi connectivity index (χ1n) is 9.05. The summed E-state index contributed by atoms with van der Waals surface area (Å²) in [5.41, 5.74) is 3.58. The van der Waals surface area contributed by atoms with Crippen LogP contribution in [0.15, 0.2) is 30.3 Å². The Morgan fingerprint density at radius 1 is 1.30 bits per heavy atom. The van der Waals surface area contributed by atoms with Gasteiger partial charge in [-0.2, -0.15) is 10.2 Å². The van der Waals surface area contributed by atoms with E-state index in [2.05, 4.69) is 30.9 Å². The zero-order chi connectivity index (χ0) is 19.4. The summed E-state index contributed by atoms with van der Waals surface area (Å²) < 4.78 is 1.90. The largest absolute Gasteiger partial charge is 0.334 e. The van der Waals surface area contributed by atoms with E-state index in [0.29, 0.717) is 18.1 Å². The Kier molecular flexibility index (Phi) is 5.54. The number of nitrogens with zero attached hydrogens (tertiary/aromatic N) is 4. The van der Waals surface area contributed by atoms with E-state index in [9.17, 15) is 4.79 Å². The molecule has 0 aliphatic heterocycles. The van der Waals surface area contributed by atoms with Crippen LogP contribution in [0.2, 0.25) is 0 Å². The second kappa shape index (κ2) is 8.03. The van der Waals surface area contributed by atoms with Gasteiger partial charge in [0.25, 0.3) is 0 Å². The second-order valence-corrected chi connectivity index (χ2v) is 6.65. The van der Waals surface area contributed by atoms with Gasteiger partial charge in [0.2, 0.25) is 0 Å². The molecule has 1 unspecified atom stereocenters. The van der Waals surface area contributed by atoms with Crippen LogP contribution in [0.4, 0.5) is 10.5 Å². The number of hydrogen-bond donors (Lipinski definition) is 3. The normalized spacial score (nSPS) is 12.0. The molecule has 1 aromatic carbocycles. The van der Waals surface area contributed by atoms with Crippen molar-refractivity contribution in [1.82, 2.24) is 30.3 Å². The van der Waals surface area contributed by atoms with Gasteiger partial charge in [-0.1, -0.05) is 19.1 Å². The van der Waals surface area contributed by atoms with Crippen LogP contribution < -0.4 is 10.6 Å². The van der Waals surface area contributed by atoms with Crippen molar-refractivity contribution in [3.8, 4) is 11.4 Å². The lowest BCUT2D eigenvalue weighted by Crippen LogP contribution is -2.38. The molecule has 2 heterocycles. The number of H-pyrrole nitrogens is 1. The van der Waals surface area contributed by atoms with Gasteiger partial charge in [0.1, 0.15) is 5.82 Å². The van der Waals surface area contributed by atoms with E-state index in [4.69, 9.17) is 0 Å². The molecule has 0 bridgehead atoms. The number of benzene rings is 1. The summed E-state index contributed by atoms with van der Waals surface area (Å²) in [7, 11) is 0. The lowest BCUT2D eigenvalue weighted by atomic mass is 10.2. The van der Waals surface area contributed by atoms with E-state index in [-0.39, 0.29) is 12.1 Å². The molecule has 3 aromatic rings. The van der Waals surface area contributed by atoms with Gasteiger partial charge in [0.05, 0.1) is 12.2 Å². The molecule has 3 rings (SSSR count). The summed E-state index contributed by atoms with van der Waals surface area (Å²) in [4.78, 5) is 16.7. The molecule has 0 fully saturated rings. The third-order valence-electron chi connectivity index (χ3n) is 4.17. The second-order valence-electron chi connectivity index (χ2n) is 6.65. The zero-order valence-corrected chi connectivity index (χ0v) is 16.1. The Balaban J connectivity index is 1.60. The summed E-state index contributed by atoms with van der Waals surface area (Å²) in [6.07, 6.45) is 0.792. The molecule has 142 valence electrons. The van der Waals surface area contributed by atoms with Crippen molar-refractivity contribution in [3.05, 3.63) is 47.5 Å². The first-order chi connectivity index (χ1) is 12.9. The van der Waals surface area contributed by atoms with Crippen molar-refractivity contribution in [2.45, 2.75) is 46.7 Å². The van der Waals surface area contributed by atoms with Crippen LogP contribution in [0.1, 0.15) is 31.1 Å². The molecule has 8 nitrogen and oxygen atoms in total. The average molecular weight is 367 g/mol. The van der Waals surface area contributed by atoms with Gasteiger partial charge in [-0.3, -0.25) is 9.78 Å². The first kappa shape index (κ1) is 18.6. The highest BCUT2D eigenvalue weighted by molar-refractivity contribution is 5.90. The number of hydrogen-bond acceptors (Lipinski definition) is 4. The van der Waals surface area contributed by atoms with Crippen LogP contribution >= 0.6 is 0 Å². The summed E-state index contributed by atoms with van der Waals surface area (Å²) in [5.74, 6) is 1.45. The van der Waals surface area contributed by atoms with Gasteiger partial charge in [-0.25, -0.2) is 9.78 Å². The predicted molar refractivity (Wildman–Crippen MR) is 105 cm³/mol. The Bertz CT molecular complexity index is 928. The highest BCUT2D eigenvalue weighted by Crippen LogP contribution is 2.19. The number of aromatic amines is 1. The van der Waals surface area contributed by atoms with Crippen molar-refractivity contribution >= 4 is 11.7 Å². The number of urea groups is 1. The Hall–Kier alpha value is -3.16. The third-order valence-corrected chi connectivity index (χ3v) is 4.17. The van der Waals surface area contributed by atoms with Crippen LogP contribution in [-0.4, -0.2) is 37.0 Å². The van der Waals surface area contributed by atoms with E-state index in [1.54, 1.807) is 0 Å². The minimum absolute atomic E-state index is 0.0636. The highest BCUT2D eigenvalue weighted by Gasteiger charge is 2.11. The fraction of sp³-hybridized carbons (Fsp3) is 0.368. The summed E-state index contributed by atoms with van der Waals surface area (Å²) in [6.45, 7) is 8.54. The Labute approximate surface area is 158 Å². The lowest BCUT2D eigenvalue weighted by molar-refractivity contribution is 0.247. The molecule has 27 heavy (non-hydrogen) atoms. The van der Waals surface area contributed by atoms with Gasteiger partial charge in [0.15, 0.2) is 5.82 Å². The van der Waals surface area contributed by atoms with E-state index < -0.39 is 0 Å². The summed E-state index contributed by atoms with van der Waals surface area (Å²) >= 11 is 0. The van der Waals surface area contributed by atoms with Gasteiger partial charge in [-0.05, 0) is 39.0 Å². The van der Waals surface area contributed by atoms with Crippen molar-refractivity contribution in [1.29, 1.82) is 0 Å². The summed E-state index contributed by atoms with van der Waals surface area (Å²) in [6, 6.07) is 9.17. The number of carbonyl (C=O) groups is 1. The predicted octanol–water partition coefficient (Wildman–Crippen LogP) is 3.06. The molecule has 2 aromatic heterocycles. The fourth-order valence-corrected chi connectivity index (χ4v) is 2.87. The minimum Gasteiger partial charge on any atom is -0.334 e. The number of anilines is 1. The standard InChI is InChI=1S/C19H25N7O/c1-5-17-22-18(24-23-17)15-7-6-8-16(10-15)21-19(27)20-13(3)11-26-14(4)9-12(2)25-26/h6-10,13H,5,11H2,1-4H3,(H2,20,21,27)(H,22,23,24). The topological polar surface area (TPSA) is 101 Å². The number of nitrogens with one attached hydrogen (secondary N) is 3. The van der Waals surface area contributed by atoms with Gasteiger partial charge < -0.3 is 10.6 Å². The Morgan fingerprint density at radius 2 is 2.11 bits per heavy atom. The maximum absolute atomic E-state index is 12.3. The number of aryl methyl sites for hydroxylation is 3. The van der Waals surface area contributed by atoms with Crippen molar-refractivity contribution in [3.63, 3.8) is 0 Å². The van der Waals surface area contributed by atoms with Crippen LogP contribution in [-0.2, 0) is 13.0 Å². The molecule has 0 radical (unpaired) electrons. The smallest absolute Gasteiger partial charge is 0.319 e. The zero-order valence-electron chi connectivity index (χ0n) is 16.1. The Morgan fingerprint density at radius 3 is 2.78 bits per heavy atom. The summed E-state index contributed by atoms with van der Waals surface area (Å²) in [5, 5.41) is 17.3. The van der Waals surface area contributed by atoms with Crippen molar-refractivity contribution in [2.75, 3.05) is 5.32 Å². The first-order valence-corrected chi connectivity index (χ1v) is 9.05. The maximum Gasteiger partial charge on any atom is 0.319 e. The van der Waals surface area contributed by atoms with E-state index >= 15 is 0 Å². The molecule has 3 N–H and O–H groups in total. The third kappa shape index (κ3) is 4.72. The maximum atomic E-state index is 12.3. The molecule has 8 heteroatoms. The van der Waals surface area contributed by atoms with Crippen LogP contribution in [0.3, 0.4) is 0 Å². The molecule has 0 aliphatic rings. The lowest BCUT2D eigenvalue weighted by Gasteiger charge is -2.16. The van der Waals surface area contributed by atoms with E-state index in [1.165, 1.54) is 0 Å². The monoisotopic (exact) mass is 367 g/mol. The molecule has 0 saturated carbocycles. The van der Waals surface area contributed by atoms with Gasteiger partial charge in [-0.15, -0.1) is 0 Å². The van der Waals surface area contributed by atoms with Crippen LogP contribution in [0.5, 0.6) is 0 Å². The SMILES string of the molecule is CCc1nc(-c2cccc(NC(=O)NC(C)Cn3nc(C)cc3C)c2)n[nH]1. The van der Waals surface area contributed by atoms with Gasteiger partial charge in [0, 0.05) is 29.4 Å². The highest BCUT2D eigenvalue weighted by atomic mass is 16.2. The quantitative estimate of drug-likeness (QED) is 0.623. The average Bonchev–Trinajstić information content (AvgIpc) is 3.21. The van der Waals surface area contributed by atoms with E-state index in [1.807, 2.05) is 62.7 Å². The van der Waals surface area contributed by atoms with Crippen molar-refractivity contribution in [2.24, 2.45) is 0 Å². The fourth-order valence-electron chi connectivity index (χ4n) is 2.87. The van der Waals surface area contributed by atoms with Crippen molar-refractivity contribution < 1.29 is 4.79 Å². The molecule has 1 atom stereocenters. The molecule has 0 aliphatic carbocycles. The molecular weight excluding hydrogens is 342 g/mol. The molecule has 2 amide bonds. The molecule has 0 spiro atoms. The van der Waals surface area contributed by atoms with E-state index in [0.717, 1.165) is 29.2 Å². The van der Waals surface area contributed by atoms with Crippen LogP contribution in [0, 0.1) is 13.8 Å². The number of rotatable bonds is 6. The minimum atomic E-state index is -0.259. The molecule has 0 saturated heterocycles. The van der Waals surface area contributed by atoms with Crippen LogP contribution in [0.25, 0.3) is 11.4 Å². The number of amides is 2. The van der Waals surface area contributed by atoms with Gasteiger partial charge >= 0.3 is 6.03 Å². The molecular formula is C19H25N7O. The number of carbonyl (C=O) groups excluding carboxylic acids is 1. The number of aromatic nitrogens is 5.